The van der Waals surface area contributed by atoms with E-state index in [0.29, 0.717) is 0 Å². The van der Waals surface area contributed by atoms with Crippen molar-refractivity contribution in [2.24, 2.45) is 0 Å². The molecule has 488 valence electrons. The smallest absolute Gasteiger partial charge is 0.0621 e. The van der Waals surface area contributed by atoms with Crippen LogP contribution in [-0.2, 0) is 10.8 Å². The van der Waals surface area contributed by atoms with E-state index < -0.39 is 0 Å². The van der Waals surface area contributed by atoms with E-state index in [1.807, 2.05) is 6.07 Å². The molecule has 0 saturated heterocycles. The van der Waals surface area contributed by atoms with E-state index in [0.717, 1.165) is 32.9 Å². The number of benzene rings is 16. The average Bonchev–Trinajstić information content (AvgIpc) is 1.60. The molecule has 2 aliphatic rings. The number of anilines is 5. The Morgan fingerprint density at radius 2 is 0.650 bits per heavy atom. The van der Waals surface area contributed by atoms with E-state index in [9.17, 15) is 0 Å². The Kier molecular flexibility index (Phi) is 13.8. The summed E-state index contributed by atoms with van der Waals surface area (Å²) in [7, 11) is 0. The molecule has 0 aliphatic heterocycles. The third kappa shape index (κ3) is 9.49. The first kappa shape index (κ1) is 60.7. The van der Waals surface area contributed by atoms with Gasteiger partial charge in [-0.3, -0.25) is 0 Å². The highest BCUT2D eigenvalue weighted by Gasteiger charge is 2.37. The average molecular weight is 1380 g/mol. The Bertz CT molecular complexity index is 6750. The second-order valence-electron chi connectivity index (χ2n) is 29.0. The molecule has 2 aliphatic carbocycles. The number of para-hydroxylation sites is 2. The standard InChI is InChI=1S/C49H34N2.C27H23N.C22H12BrN/c1-49(2)43-19-8-6-16-37(43)38-27-26-35(30-44(38)49)50(34-24-22-32(23-25-34)31-12-4-3-5-13-31)36-28-41-39-17-7-9-20-45(39)51-46-21-11-15-33-14-10-18-40(47(33)46)42(29-36)48(41)51;1-27(2)25-11-7-6-10-23(25)24-17-16-22(18-26(24)27)28-21-14-12-20(13-15-21)19-8-4-3-5-9-19;23-14-11-17-15-7-1-2-9-19(15)24-20-10-4-6-13-5-3-8-16(21(13)20)18(12-14)22(17)24/h3-30H,1-2H3;3-18,28H,1-2H3;1-12H. The lowest BCUT2D eigenvalue weighted by molar-refractivity contribution is 0.660. The summed E-state index contributed by atoms with van der Waals surface area (Å²) in [5.41, 5.74) is 29.1. The zero-order chi connectivity index (χ0) is 68.8. The third-order valence-corrected chi connectivity index (χ3v) is 23.0. The van der Waals surface area contributed by atoms with Crippen LogP contribution < -0.4 is 10.2 Å². The number of nitrogens with zero attached hydrogens (tertiary/aromatic N) is 3. The van der Waals surface area contributed by atoms with Gasteiger partial charge in [0.2, 0.25) is 0 Å². The van der Waals surface area contributed by atoms with Gasteiger partial charge in [0, 0.05) is 86.8 Å². The largest absolute Gasteiger partial charge is 0.356 e. The van der Waals surface area contributed by atoms with Crippen LogP contribution in [0.2, 0.25) is 0 Å². The lowest BCUT2D eigenvalue weighted by Gasteiger charge is -2.29. The van der Waals surface area contributed by atoms with Crippen LogP contribution in [0.5, 0.6) is 0 Å². The minimum absolute atomic E-state index is 0.0286. The number of nitrogens with one attached hydrogen (secondary N) is 1. The molecule has 0 unspecified atom stereocenters. The predicted molar refractivity (Wildman–Crippen MR) is 442 cm³/mol. The number of pyridine rings is 2. The van der Waals surface area contributed by atoms with Gasteiger partial charge in [-0.2, -0.15) is 0 Å². The molecule has 5 heteroatoms. The van der Waals surface area contributed by atoms with Crippen molar-refractivity contribution in [1.29, 1.82) is 0 Å². The summed E-state index contributed by atoms with van der Waals surface area (Å²) >= 11 is 3.72. The number of hydrogen-bond donors (Lipinski definition) is 1. The van der Waals surface area contributed by atoms with Gasteiger partial charge in [0.1, 0.15) is 0 Å². The van der Waals surface area contributed by atoms with Crippen molar-refractivity contribution < 1.29 is 0 Å². The normalized spacial score (nSPS) is 13.3. The van der Waals surface area contributed by atoms with Gasteiger partial charge in [-0.1, -0.05) is 286 Å². The summed E-state index contributed by atoms with van der Waals surface area (Å²) in [6, 6.07) is 124. The molecular formula is C98H69BrN4. The topological polar surface area (TPSA) is 24.1 Å². The number of halogens is 1. The Morgan fingerprint density at radius 1 is 0.272 bits per heavy atom. The van der Waals surface area contributed by atoms with Crippen LogP contribution in [0.15, 0.2) is 344 Å². The molecule has 4 nitrogen and oxygen atoms in total. The highest BCUT2D eigenvalue weighted by Crippen LogP contribution is 2.53. The SMILES string of the molecule is Brc1cc2c3cccc4cccc(c43)n3c4ccccc4c(c1)c23.CC1(C)c2ccccc2-c2ccc(N(c3ccc(-c4ccccc4)cc3)c3cc4c5cccc6cccc(c65)n5c6ccccc6c(c3)c45)cc21.CC1(C)c2ccccc2-c2ccc(Nc3ccc(-c4ccccc4)cc3)cc21. The lowest BCUT2D eigenvalue weighted by atomic mass is 9.82. The molecule has 103 heavy (non-hydrogen) atoms. The van der Waals surface area contributed by atoms with Gasteiger partial charge in [-0.05, 0) is 185 Å². The minimum atomic E-state index is -0.104. The van der Waals surface area contributed by atoms with E-state index >= 15 is 0 Å². The van der Waals surface area contributed by atoms with Crippen LogP contribution in [0.3, 0.4) is 0 Å². The first-order valence-electron chi connectivity index (χ1n) is 35.7. The minimum Gasteiger partial charge on any atom is -0.356 e. The zero-order valence-corrected chi connectivity index (χ0v) is 59.1. The van der Waals surface area contributed by atoms with Gasteiger partial charge < -0.3 is 19.0 Å². The molecule has 0 spiro atoms. The highest BCUT2D eigenvalue weighted by atomic mass is 79.9. The molecule has 22 rings (SSSR count). The number of hydrogen-bond acceptors (Lipinski definition) is 2. The molecule has 4 aromatic heterocycles. The lowest BCUT2D eigenvalue weighted by Crippen LogP contribution is -2.16. The van der Waals surface area contributed by atoms with Crippen molar-refractivity contribution >= 4 is 142 Å². The van der Waals surface area contributed by atoms with Crippen molar-refractivity contribution in [2.75, 3.05) is 10.2 Å². The van der Waals surface area contributed by atoms with E-state index in [-0.39, 0.29) is 10.8 Å². The summed E-state index contributed by atoms with van der Waals surface area (Å²) in [6.45, 7) is 9.36. The van der Waals surface area contributed by atoms with E-state index in [1.165, 1.54) is 164 Å². The molecular weight excluding hydrogens is 1310 g/mol. The van der Waals surface area contributed by atoms with Crippen LogP contribution in [0.4, 0.5) is 28.4 Å². The van der Waals surface area contributed by atoms with Crippen LogP contribution in [-0.4, -0.2) is 8.80 Å². The first-order valence-corrected chi connectivity index (χ1v) is 36.5. The highest BCUT2D eigenvalue weighted by molar-refractivity contribution is 9.10. The summed E-state index contributed by atoms with van der Waals surface area (Å²) in [6.07, 6.45) is 0. The Balaban J connectivity index is 0.000000114. The van der Waals surface area contributed by atoms with Crippen molar-refractivity contribution in [3.05, 3.63) is 366 Å². The van der Waals surface area contributed by atoms with Crippen molar-refractivity contribution in [1.82, 2.24) is 8.80 Å². The van der Waals surface area contributed by atoms with Crippen molar-refractivity contribution in [3.8, 4) is 44.5 Å². The molecule has 0 saturated carbocycles. The zero-order valence-electron chi connectivity index (χ0n) is 57.6. The van der Waals surface area contributed by atoms with Gasteiger partial charge in [-0.25, -0.2) is 0 Å². The third-order valence-electron chi connectivity index (χ3n) is 22.5. The summed E-state index contributed by atoms with van der Waals surface area (Å²) in [5, 5.41) is 19.1. The summed E-state index contributed by atoms with van der Waals surface area (Å²) in [4.78, 5) is 2.47. The maximum atomic E-state index is 3.72. The number of rotatable bonds is 7. The summed E-state index contributed by atoms with van der Waals surface area (Å²) < 4.78 is 6.05. The fourth-order valence-corrected chi connectivity index (χ4v) is 18.1. The fraction of sp³-hybridized carbons (Fsp3) is 0.0612. The molecule has 16 aromatic carbocycles. The van der Waals surface area contributed by atoms with E-state index in [4.69, 9.17) is 0 Å². The molecule has 0 fully saturated rings. The van der Waals surface area contributed by atoms with Gasteiger partial charge in [0.25, 0.3) is 0 Å². The van der Waals surface area contributed by atoms with Crippen LogP contribution >= 0.6 is 15.9 Å². The van der Waals surface area contributed by atoms with E-state index in [2.05, 4.69) is 396 Å². The van der Waals surface area contributed by atoms with Crippen LogP contribution in [0.25, 0.3) is 142 Å². The van der Waals surface area contributed by atoms with Crippen LogP contribution in [0, 0.1) is 0 Å². The maximum Gasteiger partial charge on any atom is 0.0621 e. The fourth-order valence-electron chi connectivity index (χ4n) is 17.7. The number of fused-ring (bicyclic) bond motifs is 16. The number of aromatic nitrogens is 2. The van der Waals surface area contributed by atoms with Crippen molar-refractivity contribution in [3.63, 3.8) is 0 Å². The maximum absolute atomic E-state index is 3.72. The Labute approximate surface area is 606 Å². The second kappa shape index (κ2) is 23.4. The molecule has 20 aromatic rings. The molecule has 0 radical (unpaired) electrons. The molecule has 1 N–H and O–H groups in total. The van der Waals surface area contributed by atoms with Crippen LogP contribution in [0.1, 0.15) is 49.9 Å². The molecule has 0 bridgehead atoms. The second-order valence-corrected chi connectivity index (χ2v) is 29.9. The molecule has 0 amide bonds. The Morgan fingerprint density at radius 3 is 1.19 bits per heavy atom. The quantitative estimate of drug-likeness (QED) is 0.127. The summed E-state index contributed by atoms with van der Waals surface area (Å²) in [5.74, 6) is 0. The molecule has 4 heterocycles. The molecule has 0 atom stereocenters. The van der Waals surface area contributed by atoms with Gasteiger partial charge in [0.15, 0.2) is 0 Å². The van der Waals surface area contributed by atoms with Gasteiger partial charge in [0.05, 0.1) is 33.1 Å². The van der Waals surface area contributed by atoms with Crippen molar-refractivity contribution in [2.45, 2.75) is 38.5 Å². The van der Waals surface area contributed by atoms with Gasteiger partial charge in [-0.15, -0.1) is 0 Å². The van der Waals surface area contributed by atoms with Gasteiger partial charge >= 0.3 is 0 Å². The van der Waals surface area contributed by atoms with E-state index in [1.54, 1.807) is 0 Å². The monoisotopic (exact) mass is 1380 g/mol. The first-order chi connectivity index (χ1) is 50.5. The Hall–Kier alpha value is -12.3. The predicted octanol–water partition coefficient (Wildman–Crippen LogP) is 27.6.